The smallest absolute Gasteiger partial charge is 0.306 e. The molecule has 0 aromatic carbocycles. The number of carboxylic acid groups (broad SMARTS) is 2. The molecule has 1 aliphatic carbocycles. The van der Waals surface area contributed by atoms with Gasteiger partial charge in [0, 0.05) is 6.42 Å². The summed E-state index contributed by atoms with van der Waals surface area (Å²) in [6.45, 7) is 0. The van der Waals surface area contributed by atoms with E-state index in [1.807, 2.05) is 6.42 Å². The zero-order chi connectivity index (χ0) is 9.84. The van der Waals surface area contributed by atoms with E-state index in [-0.39, 0.29) is 12.3 Å². The van der Waals surface area contributed by atoms with Crippen LogP contribution >= 0.6 is 0 Å². The van der Waals surface area contributed by atoms with Gasteiger partial charge in [0.05, 0.1) is 5.92 Å². The molecule has 2 N–H and O–H groups in total. The lowest BCUT2D eigenvalue weighted by Crippen LogP contribution is -2.28. The summed E-state index contributed by atoms with van der Waals surface area (Å²) in [5, 5.41) is 17.4. The van der Waals surface area contributed by atoms with Crippen LogP contribution in [-0.4, -0.2) is 22.2 Å². The molecule has 4 nitrogen and oxygen atoms in total. The van der Waals surface area contributed by atoms with E-state index in [1.165, 1.54) is 0 Å². The second kappa shape index (κ2) is 4.25. The Kier molecular flexibility index (Phi) is 3.28. The second-order valence-corrected chi connectivity index (χ2v) is 3.40. The van der Waals surface area contributed by atoms with Gasteiger partial charge in [0.1, 0.15) is 0 Å². The number of carbonyl (C=O) groups is 2. The second-order valence-electron chi connectivity index (χ2n) is 3.40. The lowest BCUT2D eigenvalue weighted by molar-refractivity contribution is -0.146. The van der Waals surface area contributed by atoms with Crippen LogP contribution in [0.1, 0.15) is 25.7 Å². The summed E-state index contributed by atoms with van der Waals surface area (Å²) >= 11 is 0. The van der Waals surface area contributed by atoms with Crippen LogP contribution in [0.5, 0.6) is 0 Å². The summed E-state index contributed by atoms with van der Waals surface area (Å²) in [6, 6.07) is 0. The largest absolute Gasteiger partial charge is 0.481 e. The van der Waals surface area contributed by atoms with Crippen molar-refractivity contribution in [2.45, 2.75) is 25.7 Å². The van der Waals surface area contributed by atoms with E-state index in [1.54, 1.807) is 0 Å². The monoisotopic (exact) mass is 185 g/mol. The molecule has 13 heavy (non-hydrogen) atoms. The van der Waals surface area contributed by atoms with Crippen molar-refractivity contribution in [2.24, 2.45) is 11.8 Å². The lowest BCUT2D eigenvalue weighted by atomic mass is 9.77. The highest BCUT2D eigenvalue weighted by Gasteiger charge is 2.31. The molecule has 0 heterocycles. The third-order valence-corrected chi connectivity index (χ3v) is 2.49. The summed E-state index contributed by atoms with van der Waals surface area (Å²) in [6.07, 6.45) is 3.93. The first kappa shape index (κ1) is 10.0. The number of rotatable bonds is 3. The molecule has 1 fully saturated rings. The topological polar surface area (TPSA) is 74.6 Å². The van der Waals surface area contributed by atoms with Crippen LogP contribution in [-0.2, 0) is 9.59 Å². The van der Waals surface area contributed by atoms with Crippen molar-refractivity contribution in [3.63, 3.8) is 0 Å². The molecule has 1 radical (unpaired) electrons. The molecule has 0 amide bonds. The maximum absolute atomic E-state index is 10.7. The minimum Gasteiger partial charge on any atom is -0.481 e. The van der Waals surface area contributed by atoms with Gasteiger partial charge in [-0.15, -0.1) is 0 Å². The van der Waals surface area contributed by atoms with Crippen LogP contribution in [0, 0.1) is 18.3 Å². The number of aliphatic carboxylic acids is 2. The van der Waals surface area contributed by atoms with Gasteiger partial charge in [0.2, 0.25) is 0 Å². The molecule has 0 bridgehead atoms. The number of hydrogen-bond acceptors (Lipinski definition) is 2. The summed E-state index contributed by atoms with van der Waals surface area (Å²) in [7, 11) is 0. The Bertz CT molecular complexity index is 212. The van der Waals surface area contributed by atoms with Gasteiger partial charge in [-0.05, 0) is 31.6 Å². The Hall–Kier alpha value is -1.06. The SMILES string of the molecule is O=C(O)CC1CC[CH]CC1C(=O)O. The maximum Gasteiger partial charge on any atom is 0.306 e. The Morgan fingerprint density at radius 3 is 2.62 bits per heavy atom. The molecular weight excluding hydrogens is 172 g/mol. The fourth-order valence-corrected chi connectivity index (χ4v) is 1.79. The van der Waals surface area contributed by atoms with E-state index in [9.17, 15) is 9.59 Å². The first-order valence-corrected chi connectivity index (χ1v) is 4.37. The molecule has 0 spiro atoms. The molecule has 2 unspecified atom stereocenters. The Morgan fingerprint density at radius 1 is 1.38 bits per heavy atom. The molecule has 1 rings (SSSR count). The van der Waals surface area contributed by atoms with Crippen LogP contribution in [0.15, 0.2) is 0 Å². The van der Waals surface area contributed by atoms with Crippen molar-refractivity contribution in [2.75, 3.05) is 0 Å². The van der Waals surface area contributed by atoms with Crippen molar-refractivity contribution < 1.29 is 19.8 Å². The van der Waals surface area contributed by atoms with Gasteiger partial charge in [-0.3, -0.25) is 9.59 Å². The Morgan fingerprint density at radius 2 is 2.08 bits per heavy atom. The van der Waals surface area contributed by atoms with Crippen LogP contribution in [0.2, 0.25) is 0 Å². The van der Waals surface area contributed by atoms with Crippen LogP contribution in [0.4, 0.5) is 0 Å². The van der Waals surface area contributed by atoms with Crippen molar-refractivity contribution in [3.05, 3.63) is 6.42 Å². The Balaban J connectivity index is 2.56. The van der Waals surface area contributed by atoms with Crippen molar-refractivity contribution in [1.82, 2.24) is 0 Å². The molecule has 73 valence electrons. The van der Waals surface area contributed by atoms with Gasteiger partial charge in [-0.25, -0.2) is 0 Å². The van der Waals surface area contributed by atoms with E-state index in [0.717, 1.165) is 6.42 Å². The average molecular weight is 185 g/mol. The predicted molar refractivity (Wildman–Crippen MR) is 45.0 cm³/mol. The van der Waals surface area contributed by atoms with Crippen molar-refractivity contribution in [1.29, 1.82) is 0 Å². The van der Waals surface area contributed by atoms with Gasteiger partial charge in [0.25, 0.3) is 0 Å². The summed E-state index contributed by atoms with van der Waals surface area (Å²) in [4.78, 5) is 21.2. The fourth-order valence-electron chi connectivity index (χ4n) is 1.79. The van der Waals surface area contributed by atoms with E-state index in [4.69, 9.17) is 10.2 Å². The van der Waals surface area contributed by atoms with E-state index < -0.39 is 17.9 Å². The molecule has 1 aliphatic rings. The lowest BCUT2D eigenvalue weighted by Gasteiger charge is -2.26. The van der Waals surface area contributed by atoms with Crippen LogP contribution in [0.25, 0.3) is 0 Å². The van der Waals surface area contributed by atoms with Crippen LogP contribution < -0.4 is 0 Å². The van der Waals surface area contributed by atoms with E-state index in [2.05, 4.69) is 0 Å². The third kappa shape index (κ3) is 2.72. The van der Waals surface area contributed by atoms with Gasteiger partial charge in [-0.2, -0.15) is 0 Å². The van der Waals surface area contributed by atoms with Gasteiger partial charge >= 0.3 is 11.9 Å². The van der Waals surface area contributed by atoms with Gasteiger partial charge in [0.15, 0.2) is 0 Å². The minimum absolute atomic E-state index is 0.0230. The first-order chi connectivity index (χ1) is 6.11. The summed E-state index contributed by atoms with van der Waals surface area (Å²) in [5.41, 5.74) is 0. The first-order valence-electron chi connectivity index (χ1n) is 4.37. The molecule has 0 saturated heterocycles. The number of hydrogen-bond donors (Lipinski definition) is 2. The zero-order valence-electron chi connectivity index (χ0n) is 7.27. The highest BCUT2D eigenvalue weighted by Crippen LogP contribution is 2.31. The highest BCUT2D eigenvalue weighted by molar-refractivity contribution is 5.73. The highest BCUT2D eigenvalue weighted by atomic mass is 16.4. The van der Waals surface area contributed by atoms with Crippen molar-refractivity contribution >= 4 is 11.9 Å². The number of carboxylic acids is 2. The normalized spacial score (nSPS) is 28.3. The summed E-state index contributed by atoms with van der Waals surface area (Å²) < 4.78 is 0. The van der Waals surface area contributed by atoms with Crippen LogP contribution in [0.3, 0.4) is 0 Å². The quantitative estimate of drug-likeness (QED) is 0.692. The molecule has 0 aliphatic heterocycles. The predicted octanol–water partition coefficient (Wildman–Crippen LogP) is 1.17. The van der Waals surface area contributed by atoms with E-state index in [0.29, 0.717) is 12.8 Å². The molecule has 1 saturated carbocycles. The van der Waals surface area contributed by atoms with E-state index >= 15 is 0 Å². The molecule has 0 aromatic rings. The molecule has 0 aromatic heterocycles. The maximum atomic E-state index is 10.7. The van der Waals surface area contributed by atoms with Crippen molar-refractivity contribution in [3.8, 4) is 0 Å². The zero-order valence-corrected chi connectivity index (χ0v) is 7.27. The molecule has 2 atom stereocenters. The standard InChI is InChI=1S/C9H13O4/c10-8(11)5-6-3-1-2-4-7(6)9(12)13/h2,6-7H,1,3-5H2,(H,10,11)(H,12,13). The van der Waals surface area contributed by atoms with Gasteiger partial charge < -0.3 is 10.2 Å². The molecular formula is C9H13O4. The average Bonchev–Trinajstić information content (AvgIpc) is 2.03. The molecule has 4 heteroatoms. The fraction of sp³-hybridized carbons (Fsp3) is 0.667. The minimum atomic E-state index is -0.904. The summed E-state index contributed by atoms with van der Waals surface area (Å²) in [5.74, 6) is -2.47. The Labute approximate surface area is 76.6 Å². The third-order valence-electron chi connectivity index (χ3n) is 2.49. The van der Waals surface area contributed by atoms with Gasteiger partial charge in [-0.1, -0.05) is 0 Å².